The topological polar surface area (TPSA) is 46.2 Å². The molecule has 3 N–H and O–H groups in total. The highest BCUT2D eigenvalue weighted by Crippen LogP contribution is 2.33. The number of phenolic OH excluding ortho intramolecular Hbond substituents is 1. The van der Waals surface area contributed by atoms with Gasteiger partial charge in [-0.05, 0) is 42.5 Å². The summed E-state index contributed by atoms with van der Waals surface area (Å²) in [5.74, 6) is 0.378. The van der Waals surface area contributed by atoms with E-state index in [4.69, 9.17) is 5.73 Å². The van der Waals surface area contributed by atoms with E-state index < -0.39 is 0 Å². The van der Waals surface area contributed by atoms with Gasteiger partial charge in [0.05, 0.1) is 0 Å². The third-order valence-corrected chi connectivity index (χ3v) is 2.65. The molecule has 0 spiro atoms. The first-order chi connectivity index (χ1) is 6.47. The van der Waals surface area contributed by atoms with Crippen LogP contribution in [0.15, 0.2) is 18.2 Å². The quantitative estimate of drug-likeness (QED) is 0.774. The van der Waals surface area contributed by atoms with Gasteiger partial charge in [0, 0.05) is 0 Å². The molecule has 1 rings (SSSR count). The van der Waals surface area contributed by atoms with Gasteiger partial charge in [-0.15, -0.1) is 0 Å². The molecule has 2 nitrogen and oxygen atoms in total. The lowest BCUT2D eigenvalue weighted by molar-refractivity contribution is 0.423. The third kappa shape index (κ3) is 2.26. The summed E-state index contributed by atoms with van der Waals surface area (Å²) in [5.41, 5.74) is 7.56. The van der Waals surface area contributed by atoms with Gasteiger partial charge in [0.25, 0.3) is 0 Å². The van der Waals surface area contributed by atoms with E-state index in [9.17, 15) is 5.11 Å². The molecule has 0 aliphatic carbocycles. The van der Waals surface area contributed by atoms with Crippen LogP contribution < -0.4 is 5.73 Å². The van der Waals surface area contributed by atoms with Crippen LogP contribution in [0.3, 0.4) is 0 Å². The fourth-order valence-electron chi connectivity index (χ4n) is 1.71. The minimum Gasteiger partial charge on any atom is -0.508 e. The predicted molar refractivity (Wildman–Crippen MR) is 59.5 cm³/mol. The molecule has 1 aromatic rings. The Bertz CT molecular complexity index is 318. The Labute approximate surface area is 85.8 Å². The van der Waals surface area contributed by atoms with Crippen LogP contribution in [0.5, 0.6) is 5.75 Å². The number of benzene rings is 1. The first-order valence-corrected chi connectivity index (χ1v) is 4.97. The van der Waals surface area contributed by atoms with E-state index in [1.54, 1.807) is 6.07 Å². The summed E-state index contributed by atoms with van der Waals surface area (Å²) in [7, 11) is 0. The minimum atomic E-state index is -0.0491. The van der Waals surface area contributed by atoms with E-state index in [-0.39, 0.29) is 5.41 Å². The van der Waals surface area contributed by atoms with E-state index in [1.807, 2.05) is 19.1 Å². The molecule has 0 heterocycles. The molecule has 0 unspecified atom stereocenters. The van der Waals surface area contributed by atoms with Gasteiger partial charge in [-0.3, -0.25) is 0 Å². The van der Waals surface area contributed by atoms with Crippen molar-refractivity contribution in [2.45, 2.75) is 32.6 Å². The zero-order valence-electron chi connectivity index (χ0n) is 9.17. The van der Waals surface area contributed by atoms with E-state index in [0.29, 0.717) is 12.3 Å². The van der Waals surface area contributed by atoms with E-state index in [0.717, 1.165) is 17.5 Å². The van der Waals surface area contributed by atoms with Crippen LogP contribution in [0.2, 0.25) is 0 Å². The molecule has 14 heavy (non-hydrogen) atoms. The summed E-state index contributed by atoms with van der Waals surface area (Å²) in [4.78, 5) is 0. The van der Waals surface area contributed by atoms with Crippen molar-refractivity contribution in [3.8, 4) is 5.75 Å². The summed E-state index contributed by atoms with van der Waals surface area (Å²) in [6.45, 7) is 6.81. The SMILES string of the molecule is Cc1ccc(C(C)(C)CCN)c(O)c1. The molecule has 1 aromatic carbocycles. The van der Waals surface area contributed by atoms with E-state index in [1.165, 1.54) is 0 Å². The fourth-order valence-corrected chi connectivity index (χ4v) is 1.71. The van der Waals surface area contributed by atoms with Crippen molar-refractivity contribution < 1.29 is 5.11 Å². The van der Waals surface area contributed by atoms with Crippen molar-refractivity contribution in [3.05, 3.63) is 29.3 Å². The summed E-state index contributed by atoms with van der Waals surface area (Å²) in [5, 5.41) is 9.81. The zero-order valence-corrected chi connectivity index (χ0v) is 9.17. The normalized spacial score (nSPS) is 11.7. The van der Waals surface area contributed by atoms with Gasteiger partial charge in [0.1, 0.15) is 5.75 Å². The number of aryl methyl sites for hydroxylation is 1. The van der Waals surface area contributed by atoms with E-state index >= 15 is 0 Å². The molecular formula is C12H19NO. The molecule has 0 aromatic heterocycles. The standard InChI is InChI=1S/C12H19NO/c1-9-4-5-10(11(14)8-9)12(2,3)6-7-13/h4-5,8,14H,6-7,13H2,1-3H3. The van der Waals surface area contributed by atoms with Gasteiger partial charge in [-0.25, -0.2) is 0 Å². The first-order valence-electron chi connectivity index (χ1n) is 4.97. The molecule has 0 saturated heterocycles. The zero-order chi connectivity index (χ0) is 10.8. The van der Waals surface area contributed by atoms with Crippen LogP contribution >= 0.6 is 0 Å². The lowest BCUT2D eigenvalue weighted by Crippen LogP contribution is -2.21. The van der Waals surface area contributed by atoms with Crippen LogP contribution in [0.25, 0.3) is 0 Å². The Morgan fingerprint density at radius 1 is 1.36 bits per heavy atom. The second-order valence-electron chi connectivity index (χ2n) is 4.44. The highest BCUT2D eigenvalue weighted by Gasteiger charge is 2.22. The molecule has 0 radical (unpaired) electrons. The Hall–Kier alpha value is -1.02. The van der Waals surface area contributed by atoms with Gasteiger partial charge >= 0.3 is 0 Å². The number of nitrogens with two attached hydrogens (primary N) is 1. The summed E-state index contributed by atoms with van der Waals surface area (Å²) in [6.07, 6.45) is 0.879. The Morgan fingerprint density at radius 3 is 2.50 bits per heavy atom. The predicted octanol–water partition coefficient (Wildman–Crippen LogP) is 2.33. The first kappa shape index (κ1) is 11.1. The molecule has 0 amide bonds. The smallest absolute Gasteiger partial charge is 0.119 e. The van der Waals surface area contributed by atoms with Gasteiger partial charge in [0.15, 0.2) is 0 Å². The molecule has 0 aliphatic heterocycles. The Morgan fingerprint density at radius 2 is 2.00 bits per heavy atom. The lowest BCUT2D eigenvalue weighted by atomic mass is 9.81. The maximum Gasteiger partial charge on any atom is 0.119 e. The lowest BCUT2D eigenvalue weighted by Gasteiger charge is -2.25. The highest BCUT2D eigenvalue weighted by atomic mass is 16.3. The van der Waals surface area contributed by atoms with Crippen LogP contribution in [0.4, 0.5) is 0 Å². The van der Waals surface area contributed by atoms with Gasteiger partial charge in [-0.1, -0.05) is 26.0 Å². The molecule has 2 heteroatoms. The van der Waals surface area contributed by atoms with Crippen molar-refractivity contribution in [1.82, 2.24) is 0 Å². The number of hydrogen-bond donors (Lipinski definition) is 2. The van der Waals surface area contributed by atoms with Crippen LogP contribution in [0.1, 0.15) is 31.4 Å². The Balaban J connectivity index is 3.06. The second kappa shape index (κ2) is 4.01. The highest BCUT2D eigenvalue weighted by molar-refractivity contribution is 5.40. The van der Waals surface area contributed by atoms with Crippen molar-refractivity contribution in [3.63, 3.8) is 0 Å². The minimum absolute atomic E-state index is 0.0491. The molecule has 0 aliphatic rings. The number of phenols is 1. The van der Waals surface area contributed by atoms with E-state index in [2.05, 4.69) is 13.8 Å². The maximum absolute atomic E-state index is 9.81. The van der Waals surface area contributed by atoms with Crippen molar-refractivity contribution in [2.24, 2.45) is 5.73 Å². The van der Waals surface area contributed by atoms with Crippen molar-refractivity contribution >= 4 is 0 Å². The summed E-state index contributed by atoms with van der Waals surface area (Å²) in [6, 6.07) is 5.81. The van der Waals surface area contributed by atoms with Gasteiger partial charge in [0.2, 0.25) is 0 Å². The molecule has 0 saturated carbocycles. The maximum atomic E-state index is 9.81. The number of rotatable bonds is 3. The van der Waals surface area contributed by atoms with Gasteiger partial charge in [-0.2, -0.15) is 0 Å². The van der Waals surface area contributed by atoms with Crippen molar-refractivity contribution in [1.29, 1.82) is 0 Å². The largest absolute Gasteiger partial charge is 0.508 e. The fraction of sp³-hybridized carbons (Fsp3) is 0.500. The molecular weight excluding hydrogens is 174 g/mol. The monoisotopic (exact) mass is 193 g/mol. The summed E-state index contributed by atoms with van der Waals surface area (Å²) < 4.78 is 0. The van der Waals surface area contributed by atoms with Gasteiger partial charge < -0.3 is 10.8 Å². The third-order valence-electron chi connectivity index (χ3n) is 2.65. The van der Waals surface area contributed by atoms with Crippen LogP contribution in [0, 0.1) is 6.92 Å². The summed E-state index contributed by atoms with van der Waals surface area (Å²) >= 11 is 0. The molecule has 0 atom stereocenters. The molecule has 0 bridgehead atoms. The molecule has 0 fully saturated rings. The average molecular weight is 193 g/mol. The van der Waals surface area contributed by atoms with Crippen molar-refractivity contribution in [2.75, 3.05) is 6.54 Å². The second-order valence-corrected chi connectivity index (χ2v) is 4.44. The average Bonchev–Trinajstić information content (AvgIpc) is 2.02. The number of aromatic hydroxyl groups is 1. The number of hydrogen-bond acceptors (Lipinski definition) is 2. The Kier molecular flexibility index (Phi) is 3.17. The van der Waals surface area contributed by atoms with Crippen LogP contribution in [-0.4, -0.2) is 11.7 Å². The van der Waals surface area contributed by atoms with Crippen LogP contribution in [-0.2, 0) is 5.41 Å². The molecule has 78 valence electrons.